The predicted octanol–water partition coefficient (Wildman–Crippen LogP) is 1.80. The number of carbonyl (C=O) groups is 2. The molecule has 0 atom stereocenters. The molecule has 0 radical (unpaired) electrons. The second-order valence-electron chi connectivity index (χ2n) is 4.36. The fourth-order valence-electron chi connectivity index (χ4n) is 0.517. The number of hydrogen-bond acceptors (Lipinski definition) is 2. The molecule has 0 amide bonds. The Hall–Kier alpha value is -0.443. The van der Waals surface area contributed by atoms with Gasteiger partial charge in [0.25, 0.3) is 0 Å². The van der Waals surface area contributed by atoms with E-state index in [1.807, 2.05) is 33.9 Å². The van der Waals surface area contributed by atoms with Gasteiger partial charge in [-0.05, 0) is 5.04 Å². The quantitative estimate of drug-likeness (QED) is 0.361. The Balaban J connectivity index is 4.73. The third-order valence-corrected chi connectivity index (χ3v) is 7.70. The summed E-state index contributed by atoms with van der Waals surface area (Å²) in [6.45, 7) is 9.91. The Morgan fingerprint density at radius 3 is 1.73 bits per heavy atom. The van der Waals surface area contributed by atoms with E-state index in [-0.39, 0.29) is 10.4 Å². The first-order valence-corrected chi connectivity index (χ1v) is 6.73. The molecule has 0 aromatic rings. The van der Waals surface area contributed by atoms with E-state index in [2.05, 4.69) is 0 Å². The molecule has 0 aliphatic rings. The van der Waals surface area contributed by atoms with Gasteiger partial charge in [-0.25, -0.2) is 0 Å². The zero-order valence-electron chi connectivity index (χ0n) is 7.89. The van der Waals surface area contributed by atoms with E-state index in [1.54, 1.807) is 0 Å². The zero-order chi connectivity index (χ0) is 9.28. The lowest BCUT2D eigenvalue weighted by Crippen LogP contribution is -2.46. The molecule has 0 fully saturated rings. The number of hydrogen-bond donors (Lipinski definition) is 0. The minimum atomic E-state index is -2.02. The van der Waals surface area contributed by atoms with Crippen molar-refractivity contribution >= 4 is 19.8 Å². The van der Waals surface area contributed by atoms with E-state index in [4.69, 9.17) is 0 Å². The average Bonchev–Trinajstić information content (AvgIpc) is 1.83. The summed E-state index contributed by atoms with van der Waals surface area (Å²) in [5.74, 6) is 0. The Labute approximate surface area is 69.0 Å². The standard InChI is InChI=1S/C8H16O2Si/c1-8(2,3)11(4,5)7(10)6-9/h6H,1-5H3. The summed E-state index contributed by atoms with van der Waals surface area (Å²) >= 11 is 0. The lowest BCUT2D eigenvalue weighted by atomic mass is 10.2. The second-order valence-corrected chi connectivity index (χ2v) is 9.60. The molecule has 3 heteroatoms. The average molecular weight is 172 g/mol. The summed E-state index contributed by atoms with van der Waals surface area (Å²) in [5, 5.41) is -0.213. The minimum absolute atomic E-state index is 0.0228. The van der Waals surface area contributed by atoms with Gasteiger partial charge in [-0.15, -0.1) is 0 Å². The molecule has 64 valence electrons. The van der Waals surface area contributed by atoms with Crippen LogP contribution in [0.15, 0.2) is 0 Å². The summed E-state index contributed by atoms with van der Waals surface area (Å²) in [7, 11) is -2.02. The van der Waals surface area contributed by atoms with Crippen LogP contribution in [0.25, 0.3) is 0 Å². The lowest BCUT2D eigenvalue weighted by Gasteiger charge is -2.33. The summed E-state index contributed by atoms with van der Waals surface area (Å²) in [5.41, 5.74) is 0. The lowest BCUT2D eigenvalue weighted by molar-refractivity contribution is -0.125. The van der Waals surface area contributed by atoms with Gasteiger partial charge in [-0.1, -0.05) is 33.9 Å². The third kappa shape index (κ3) is 1.99. The predicted molar refractivity (Wildman–Crippen MR) is 48.3 cm³/mol. The van der Waals surface area contributed by atoms with Gasteiger partial charge in [0.05, 0.1) is 0 Å². The van der Waals surface area contributed by atoms with Gasteiger partial charge in [-0.2, -0.15) is 0 Å². The van der Waals surface area contributed by atoms with Crippen molar-refractivity contribution in [3.63, 3.8) is 0 Å². The first-order valence-electron chi connectivity index (χ1n) is 3.73. The van der Waals surface area contributed by atoms with Crippen LogP contribution in [0.5, 0.6) is 0 Å². The topological polar surface area (TPSA) is 34.1 Å². The first-order chi connectivity index (χ1) is 4.73. The molecule has 2 nitrogen and oxygen atoms in total. The molecule has 11 heavy (non-hydrogen) atoms. The number of rotatable bonds is 2. The van der Waals surface area contributed by atoms with Crippen LogP contribution in [0.3, 0.4) is 0 Å². The van der Waals surface area contributed by atoms with Crippen LogP contribution in [0.1, 0.15) is 20.8 Å². The molecule has 0 saturated heterocycles. The van der Waals surface area contributed by atoms with Crippen LogP contribution in [-0.4, -0.2) is 19.8 Å². The van der Waals surface area contributed by atoms with Crippen LogP contribution in [-0.2, 0) is 9.59 Å². The summed E-state index contributed by atoms with van der Waals surface area (Å²) in [4.78, 5) is 21.5. The van der Waals surface area contributed by atoms with Crippen molar-refractivity contribution in [1.82, 2.24) is 0 Å². The Morgan fingerprint density at radius 2 is 1.64 bits per heavy atom. The Kier molecular flexibility index (Phi) is 2.77. The van der Waals surface area contributed by atoms with E-state index in [0.29, 0.717) is 6.29 Å². The number of carbonyl (C=O) groups excluding carboxylic acids is 2. The molecular weight excluding hydrogens is 156 g/mol. The fourth-order valence-corrected chi connectivity index (χ4v) is 1.55. The molecule has 0 aliphatic carbocycles. The van der Waals surface area contributed by atoms with Gasteiger partial charge in [-0.3, -0.25) is 9.59 Å². The van der Waals surface area contributed by atoms with Crippen molar-refractivity contribution in [2.75, 3.05) is 0 Å². The molecule has 0 heterocycles. The normalized spacial score (nSPS) is 12.8. The van der Waals surface area contributed by atoms with Crippen molar-refractivity contribution in [3.8, 4) is 0 Å². The monoisotopic (exact) mass is 172 g/mol. The van der Waals surface area contributed by atoms with Crippen LogP contribution in [0.2, 0.25) is 18.1 Å². The Morgan fingerprint density at radius 1 is 1.27 bits per heavy atom. The van der Waals surface area contributed by atoms with Gasteiger partial charge < -0.3 is 0 Å². The highest BCUT2D eigenvalue weighted by molar-refractivity contribution is 7.12. The molecule has 0 aromatic carbocycles. The van der Waals surface area contributed by atoms with Crippen molar-refractivity contribution < 1.29 is 9.59 Å². The number of aldehydes is 1. The highest BCUT2D eigenvalue weighted by atomic mass is 28.3. The van der Waals surface area contributed by atoms with Crippen LogP contribution in [0, 0.1) is 0 Å². The third-order valence-electron chi connectivity index (χ3n) is 2.60. The van der Waals surface area contributed by atoms with E-state index in [1.165, 1.54) is 0 Å². The van der Waals surface area contributed by atoms with Gasteiger partial charge in [0.2, 0.25) is 0 Å². The van der Waals surface area contributed by atoms with E-state index in [0.717, 1.165) is 0 Å². The molecule has 0 bridgehead atoms. The maximum absolute atomic E-state index is 11.2. The van der Waals surface area contributed by atoms with E-state index >= 15 is 0 Å². The van der Waals surface area contributed by atoms with Crippen LogP contribution in [0.4, 0.5) is 0 Å². The Bertz CT molecular complexity index is 177. The highest BCUT2D eigenvalue weighted by Crippen LogP contribution is 2.35. The minimum Gasteiger partial charge on any atom is -0.297 e. The van der Waals surface area contributed by atoms with Crippen LogP contribution >= 0.6 is 0 Å². The molecule has 0 aliphatic heterocycles. The molecule has 0 N–H and O–H groups in total. The SMILES string of the molecule is CC(C)(C)[Si](C)(C)C(=O)C=O. The van der Waals surface area contributed by atoms with Gasteiger partial charge in [0.1, 0.15) is 8.07 Å². The maximum Gasteiger partial charge on any atom is 0.180 e. The molecule has 0 rings (SSSR count). The van der Waals surface area contributed by atoms with Gasteiger partial charge in [0.15, 0.2) is 11.7 Å². The van der Waals surface area contributed by atoms with Gasteiger partial charge in [0, 0.05) is 0 Å². The highest BCUT2D eigenvalue weighted by Gasteiger charge is 2.41. The van der Waals surface area contributed by atoms with Crippen molar-refractivity contribution in [1.29, 1.82) is 0 Å². The van der Waals surface area contributed by atoms with Crippen molar-refractivity contribution in [3.05, 3.63) is 0 Å². The molecule has 0 aromatic heterocycles. The van der Waals surface area contributed by atoms with Gasteiger partial charge >= 0.3 is 0 Å². The maximum atomic E-state index is 11.2. The largest absolute Gasteiger partial charge is 0.297 e. The summed E-state index contributed by atoms with van der Waals surface area (Å²) in [6.07, 6.45) is 0.470. The summed E-state index contributed by atoms with van der Waals surface area (Å²) < 4.78 is 0. The van der Waals surface area contributed by atoms with Crippen molar-refractivity contribution in [2.45, 2.75) is 38.9 Å². The van der Waals surface area contributed by atoms with Crippen LogP contribution < -0.4 is 0 Å². The molecule has 0 unspecified atom stereocenters. The molecule has 0 saturated carbocycles. The van der Waals surface area contributed by atoms with Crippen molar-refractivity contribution in [2.24, 2.45) is 0 Å². The molecular formula is C8H16O2Si. The zero-order valence-corrected chi connectivity index (χ0v) is 8.89. The summed E-state index contributed by atoms with van der Waals surface area (Å²) in [6, 6.07) is 0. The fraction of sp³-hybridized carbons (Fsp3) is 0.750. The van der Waals surface area contributed by atoms with E-state index < -0.39 is 8.07 Å². The first kappa shape index (κ1) is 10.6. The molecule has 0 spiro atoms. The smallest absolute Gasteiger partial charge is 0.180 e. The van der Waals surface area contributed by atoms with E-state index in [9.17, 15) is 9.59 Å². The second kappa shape index (κ2) is 2.89.